The number of benzene rings is 2. The molecule has 0 spiro atoms. The second-order valence-electron chi connectivity index (χ2n) is 8.29. The minimum atomic E-state index is -0.771. The Morgan fingerprint density at radius 3 is 2.70 bits per heavy atom. The summed E-state index contributed by atoms with van der Waals surface area (Å²) < 4.78 is 16.4. The monoisotopic (exact) mass is 467 g/mol. The second-order valence-corrected chi connectivity index (χ2v) is 8.70. The molecule has 0 bridgehead atoms. The molecule has 2 heterocycles. The van der Waals surface area contributed by atoms with Crippen molar-refractivity contribution in [3.8, 4) is 5.75 Å². The van der Waals surface area contributed by atoms with Crippen molar-refractivity contribution in [1.29, 1.82) is 0 Å². The van der Waals surface area contributed by atoms with Crippen molar-refractivity contribution in [1.82, 2.24) is 4.90 Å². The summed E-state index contributed by atoms with van der Waals surface area (Å²) >= 11 is 6.41. The third-order valence-electron chi connectivity index (χ3n) is 6.20. The zero-order valence-electron chi connectivity index (χ0n) is 17.8. The van der Waals surface area contributed by atoms with Crippen LogP contribution in [-0.4, -0.2) is 29.5 Å². The Bertz CT molecular complexity index is 1290. The first-order valence-corrected chi connectivity index (χ1v) is 11.4. The summed E-state index contributed by atoms with van der Waals surface area (Å²) in [5, 5.41) is 1.01. The van der Waals surface area contributed by atoms with E-state index in [1.807, 2.05) is 30.3 Å². The van der Waals surface area contributed by atoms with Crippen molar-refractivity contribution >= 4 is 34.6 Å². The summed E-state index contributed by atoms with van der Waals surface area (Å²) in [5.74, 6) is -0.506. The Hall–Kier alpha value is -3.32. The van der Waals surface area contributed by atoms with Crippen molar-refractivity contribution in [2.75, 3.05) is 6.54 Å². The maximum absolute atomic E-state index is 12.9. The van der Waals surface area contributed by atoms with Crippen molar-refractivity contribution in [2.24, 2.45) is 0 Å². The Labute approximate surface area is 194 Å². The van der Waals surface area contributed by atoms with E-state index in [0.29, 0.717) is 37.0 Å². The van der Waals surface area contributed by atoms with Crippen molar-refractivity contribution in [3.05, 3.63) is 74.6 Å². The summed E-state index contributed by atoms with van der Waals surface area (Å²) in [6, 6.07) is 11.7. The molecule has 1 aromatic heterocycles. The Balaban J connectivity index is 1.32. The van der Waals surface area contributed by atoms with E-state index in [-0.39, 0.29) is 23.0 Å². The average molecular weight is 468 g/mol. The van der Waals surface area contributed by atoms with Crippen LogP contribution in [0.15, 0.2) is 51.7 Å². The van der Waals surface area contributed by atoms with Gasteiger partial charge in [-0.15, -0.1) is 0 Å². The number of nitrogens with zero attached hydrogens (tertiary/aromatic N) is 1. The minimum absolute atomic E-state index is 0.0970. The SMILES string of the molecule is O=C(Oc1cc2oc(=O)c3c(c2cc1Cl)CCC3)[C@@H]1CCCN1C(=O)OCc1ccccc1. The van der Waals surface area contributed by atoms with E-state index < -0.39 is 18.1 Å². The number of esters is 1. The van der Waals surface area contributed by atoms with Gasteiger partial charge in [-0.25, -0.2) is 14.4 Å². The smallest absolute Gasteiger partial charge is 0.410 e. The van der Waals surface area contributed by atoms with E-state index in [9.17, 15) is 14.4 Å². The molecule has 2 aliphatic rings. The van der Waals surface area contributed by atoms with Gasteiger partial charge < -0.3 is 13.9 Å². The molecule has 1 atom stereocenters. The molecule has 1 aliphatic carbocycles. The third kappa shape index (κ3) is 4.20. The van der Waals surface area contributed by atoms with Gasteiger partial charge in [0.05, 0.1) is 5.02 Å². The molecule has 170 valence electrons. The molecular weight excluding hydrogens is 446 g/mol. The largest absolute Gasteiger partial charge is 0.445 e. The summed E-state index contributed by atoms with van der Waals surface area (Å²) in [7, 11) is 0. The van der Waals surface area contributed by atoms with Crippen LogP contribution in [0.25, 0.3) is 11.0 Å². The van der Waals surface area contributed by atoms with Gasteiger partial charge in [0.2, 0.25) is 0 Å². The fourth-order valence-electron chi connectivity index (χ4n) is 4.57. The maximum atomic E-state index is 12.9. The number of aryl methyl sites for hydroxylation is 1. The van der Waals surface area contributed by atoms with Crippen LogP contribution >= 0.6 is 11.6 Å². The molecule has 33 heavy (non-hydrogen) atoms. The molecule has 2 aromatic carbocycles. The summed E-state index contributed by atoms with van der Waals surface area (Å²) in [4.78, 5) is 39.2. The lowest BCUT2D eigenvalue weighted by atomic mass is 10.1. The first-order chi connectivity index (χ1) is 16.0. The third-order valence-corrected chi connectivity index (χ3v) is 6.50. The highest BCUT2D eigenvalue weighted by Crippen LogP contribution is 2.35. The fourth-order valence-corrected chi connectivity index (χ4v) is 4.77. The molecule has 1 fully saturated rings. The number of ether oxygens (including phenoxy) is 2. The predicted molar refractivity (Wildman–Crippen MR) is 122 cm³/mol. The zero-order chi connectivity index (χ0) is 22.9. The number of amides is 1. The Kier molecular flexibility index (Phi) is 5.81. The Morgan fingerprint density at radius 1 is 1.09 bits per heavy atom. The van der Waals surface area contributed by atoms with Gasteiger partial charge in [-0.3, -0.25) is 4.90 Å². The highest BCUT2D eigenvalue weighted by molar-refractivity contribution is 6.33. The first-order valence-electron chi connectivity index (χ1n) is 11.0. The second kappa shape index (κ2) is 8.90. The van der Waals surface area contributed by atoms with E-state index in [0.717, 1.165) is 29.4 Å². The number of likely N-dealkylation sites (tertiary alicyclic amines) is 1. The van der Waals surface area contributed by atoms with Crippen LogP contribution in [0.2, 0.25) is 5.02 Å². The van der Waals surface area contributed by atoms with Crippen LogP contribution in [0.3, 0.4) is 0 Å². The molecule has 3 aromatic rings. The van der Waals surface area contributed by atoms with Crippen LogP contribution in [-0.2, 0) is 29.0 Å². The summed E-state index contributed by atoms with van der Waals surface area (Å²) in [5.41, 5.74) is 2.47. The number of fused-ring (bicyclic) bond motifs is 3. The number of carbonyl (C=O) groups is 2. The van der Waals surface area contributed by atoms with Gasteiger partial charge in [0.25, 0.3) is 0 Å². The lowest BCUT2D eigenvalue weighted by Gasteiger charge is -2.22. The average Bonchev–Trinajstić information content (AvgIpc) is 3.50. The number of hydrogen-bond donors (Lipinski definition) is 0. The molecule has 1 aliphatic heterocycles. The normalized spacial score (nSPS) is 17.2. The lowest BCUT2D eigenvalue weighted by molar-refractivity contribution is -0.139. The highest BCUT2D eigenvalue weighted by Gasteiger charge is 2.37. The van der Waals surface area contributed by atoms with E-state index in [1.54, 1.807) is 6.07 Å². The fraction of sp³-hybridized carbons (Fsp3) is 0.320. The van der Waals surface area contributed by atoms with Gasteiger partial charge in [0.15, 0.2) is 5.75 Å². The molecule has 0 saturated carbocycles. The van der Waals surface area contributed by atoms with Gasteiger partial charge in [0, 0.05) is 23.6 Å². The quantitative estimate of drug-likeness (QED) is 0.315. The number of carbonyl (C=O) groups excluding carboxylic acids is 2. The van der Waals surface area contributed by atoms with Crippen LogP contribution in [0.4, 0.5) is 4.79 Å². The molecule has 8 heteroatoms. The first kappa shape index (κ1) is 21.5. The zero-order valence-corrected chi connectivity index (χ0v) is 18.6. The molecule has 0 N–H and O–H groups in total. The lowest BCUT2D eigenvalue weighted by Crippen LogP contribution is -2.42. The minimum Gasteiger partial charge on any atom is -0.445 e. The topological polar surface area (TPSA) is 86.0 Å². The van der Waals surface area contributed by atoms with E-state index in [1.165, 1.54) is 11.0 Å². The molecule has 0 radical (unpaired) electrons. The van der Waals surface area contributed by atoms with E-state index >= 15 is 0 Å². The molecule has 5 rings (SSSR count). The summed E-state index contributed by atoms with van der Waals surface area (Å²) in [6.07, 6.45) is 2.93. The Morgan fingerprint density at radius 2 is 1.88 bits per heavy atom. The van der Waals surface area contributed by atoms with E-state index in [4.69, 9.17) is 25.5 Å². The van der Waals surface area contributed by atoms with Crippen LogP contribution in [0.5, 0.6) is 5.75 Å². The molecule has 1 saturated heterocycles. The summed E-state index contributed by atoms with van der Waals surface area (Å²) in [6.45, 7) is 0.525. The van der Waals surface area contributed by atoms with Crippen molar-refractivity contribution in [2.45, 2.75) is 44.8 Å². The van der Waals surface area contributed by atoms with Gasteiger partial charge in [-0.1, -0.05) is 41.9 Å². The highest BCUT2D eigenvalue weighted by atomic mass is 35.5. The number of halogens is 1. The van der Waals surface area contributed by atoms with Gasteiger partial charge in [-0.2, -0.15) is 0 Å². The van der Waals surface area contributed by atoms with Crippen LogP contribution < -0.4 is 10.4 Å². The van der Waals surface area contributed by atoms with Gasteiger partial charge in [-0.05, 0) is 49.3 Å². The molecule has 0 unspecified atom stereocenters. The van der Waals surface area contributed by atoms with Crippen molar-refractivity contribution in [3.63, 3.8) is 0 Å². The number of rotatable bonds is 4. The van der Waals surface area contributed by atoms with Crippen molar-refractivity contribution < 1.29 is 23.5 Å². The predicted octanol–water partition coefficient (Wildman–Crippen LogP) is 4.64. The van der Waals surface area contributed by atoms with E-state index in [2.05, 4.69) is 0 Å². The van der Waals surface area contributed by atoms with Gasteiger partial charge in [0.1, 0.15) is 18.2 Å². The van der Waals surface area contributed by atoms with Crippen LogP contribution in [0, 0.1) is 0 Å². The number of hydrogen-bond acceptors (Lipinski definition) is 6. The molecular formula is C25H22ClNO6. The maximum Gasteiger partial charge on any atom is 0.410 e. The van der Waals surface area contributed by atoms with Crippen LogP contribution in [0.1, 0.15) is 36.0 Å². The standard InChI is InChI=1S/C25H22ClNO6/c26-19-12-18-16-8-4-9-17(16)23(28)32-21(18)13-22(19)33-24(29)20-10-5-11-27(20)25(30)31-14-15-6-2-1-3-7-15/h1-3,6-7,12-13,20H,4-5,8-11,14H2/t20-/m0/s1. The molecule has 7 nitrogen and oxygen atoms in total. The van der Waals surface area contributed by atoms with Gasteiger partial charge >= 0.3 is 17.7 Å². The molecule has 1 amide bonds.